The van der Waals surface area contributed by atoms with Crippen LogP contribution in [-0.2, 0) is 9.53 Å². The molecule has 2 N–H and O–H groups in total. The van der Waals surface area contributed by atoms with E-state index in [0.717, 1.165) is 19.4 Å². The van der Waals surface area contributed by atoms with E-state index in [2.05, 4.69) is 19.1 Å². The van der Waals surface area contributed by atoms with Crippen molar-refractivity contribution in [2.24, 2.45) is 17.6 Å². The second-order valence-electron chi connectivity index (χ2n) is 3.97. The van der Waals surface area contributed by atoms with Gasteiger partial charge in [-0.2, -0.15) is 0 Å². The van der Waals surface area contributed by atoms with Crippen molar-refractivity contribution >= 4 is 5.91 Å². The monoisotopic (exact) mass is 197 g/mol. The first kappa shape index (κ1) is 11.2. The first-order valence-corrected chi connectivity index (χ1v) is 5.21. The van der Waals surface area contributed by atoms with E-state index in [1.165, 1.54) is 0 Å². The number of carbonyl (C=O) groups is 1. The van der Waals surface area contributed by atoms with Crippen LogP contribution in [0, 0.1) is 11.8 Å². The Morgan fingerprint density at radius 3 is 2.86 bits per heavy atom. The van der Waals surface area contributed by atoms with E-state index in [1.54, 1.807) is 0 Å². The molecule has 1 rings (SSSR count). The maximum atomic E-state index is 10.4. The smallest absolute Gasteiger partial charge is 0.219 e. The lowest BCUT2D eigenvalue weighted by Gasteiger charge is -2.24. The molecule has 0 aromatic heterocycles. The van der Waals surface area contributed by atoms with E-state index in [1.807, 2.05) is 0 Å². The Balaban J connectivity index is 2.11. The SMILES string of the molecule is CC1CC=CCC1COCCC(N)=O. The number of hydrogen-bond donors (Lipinski definition) is 1. The van der Waals surface area contributed by atoms with E-state index in [4.69, 9.17) is 10.5 Å². The quantitative estimate of drug-likeness (QED) is 0.536. The van der Waals surface area contributed by atoms with Gasteiger partial charge in [0.05, 0.1) is 6.61 Å². The molecule has 1 aliphatic carbocycles. The van der Waals surface area contributed by atoms with Gasteiger partial charge < -0.3 is 10.5 Å². The van der Waals surface area contributed by atoms with Gasteiger partial charge in [-0.25, -0.2) is 0 Å². The number of nitrogens with two attached hydrogens (primary N) is 1. The third-order valence-corrected chi connectivity index (χ3v) is 2.74. The fraction of sp³-hybridized carbons (Fsp3) is 0.727. The molecule has 0 aliphatic heterocycles. The van der Waals surface area contributed by atoms with Gasteiger partial charge in [0.25, 0.3) is 0 Å². The van der Waals surface area contributed by atoms with Crippen molar-refractivity contribution in [3.05, 3.63) is 12.2 Å². The van der Waals surface area contributed by atoms with E-state index >= 15 is 0 Å². The summed E-state index contributed by atoms with van der Waals surface area (Å²) in [5, 5.41) is 0. The maximum absolute atomic E-state index is 10.4. The van der Waals surface area contributed by atoms with Crippen LogP contribution in [0.1, 0.15) is 26.2 Å². The fourth-order valence-electron chi connectivity index (χ4n) is 1.65. The highest BCUT2D eigenvalue weighted by Crippen LogP contribution is 2.24. The van der Waals surface area contributed by atoms with Gasteiger partial charge in [0, 0.05) is 13.0 Å². The standard InChI is InChI=1S/C11H19NO2/c1-9-4-2-3-5-10(9)8-14-7-6-11(12)13/h2-3,9-10H,4-8H2,1H3,(H2,12,13). The van der Waals surface area contributed by atoms with E-state index in [-0.39, 0.29) is 5.91 Å². The Hall–Kier alpha value is -0.830. The maximum Gasteiger partial charge on any atom is 0.219 e. The molecule has 0 aromatic carbocycles. The van der Waals surface area contributed by atoms with Gasteiger partial charge in [-0.1, -0.05) is 19.1 Å². The van der Waals surface area contributed by atoms with Crippen LogP contribution in [-0.4, -0.2) is 19.1 Å². The second-order valence-corrected chi connectivity index (χ2v) is 3.97. The predicted molar refractivity (Wildman–Crippen MR) is 55.7 cm³/mol. The Morgan fingerprint density at radius 1 is 1.50 bits per heavy atom. The highest BCUT2D eigenvalue weighted by Gasteiger charge is 2.17. The molecular weight excluding hydrogens is 178 g/mol. The van der Waals surface area contributed by atoms with Crippen molar-refractivity contribution in [2.75, 3.05) is 13.2 Å². The fourth-order valence-corrected chi connectivity index (χ4v) is 1.65. The summed E-state index contributed by atoms with van der Waals surface area (Å²) in [7, 11) is 0. The molecule has 0 spiro atoms. The van der Waals surface area contributed by atoms with Crippen molar-refractivity contribution in [3.8, 4) is 0 Å². The number of primary amides is 1. The predicted octanol–water partition coefficient (Wildman–Crippen LogP) is 1.48. The highest BCUT2D eigenvalue weighted by molar-refractivity contribution is 5.73. The molecule has 0 radical (unpaired) electrons. The molecular formula is C11H19NO2. The third-order valence-electron chi connectivity index (χ3n) is 2.74. The Kier molecular flexibility index (Phi) is 4.66. The molecule has 0 saturated heterocycles. The lowest BCUT2D eigenvalue weighted by Crippen LogP contribution is -2.21. The summed E-state index contributed by atoms with van der Waals surface area (Å²) < 4.78 is 5.42. The summed E-state index contributed by atoms with van der Waals surface area (Å²) >= 11 is 0. The Morgan fingerprint density at radius 2 is 2.21 bits per heavy atom. The van der Waals surface area contributed by atoms with Crippen LogP contribution in [0.2, 0.25) is 0 Å². The zero-order valence-corrected chi connectivity index (χ0v) is 8.74. The van der Waals surface area contributed by atoms with Crippen LogP contribution >= 0.6 is 0 Å². The minimum Gasteiger partial charge on any atom is -0.381 e. The van der Waals surface area contributed by atoms with Crippen molar-refractivity contribution in [2.45, 2.75) is 26.2 Å². The van der Waals surface area contributed by atoms with E-state index in [0.29, 0.717) is 24.9 Å². The van der Waals surface area contributed by atoms with Gasteiger partial charge >= 0.3 is 0 Å². The van der Waals surface area contributed by atoms with Crippen molar-refractivity contribution in [1.82, 2.24) is 0 Å². The topological polar surface area (TPSA) is 52.3 Å². The second kappa shape index (κ2) is 5.81. The van der Waals surface area contributed by atoms with Crippen molar-refractivity contribution < 1.29 is 9.53 Å². The molecule has 3 nitrogen and oxygen atoms in total. The van der Waals surface area contributed by atoms with Crippen LogP contribution in [0.3, 0.4) is 0 Å². The summed E-state index contributed by atoms with van der Waals surface area (Å²) in [6.07, 6.45) is 7.01. The largest absolute Gasteiger partial charge is 0.381 e. The summed E-state index contributed by atoms with van der Waals surface area (Å²) in [5.74, 6) is 1.00. The van der Waals surface area contributed by atoms with Gasteiger partial charge in [0.2, 0.25) is 5.91 Å². The first-order chi connectivity index (χ1) is 6.70. The van der Waals surface area contributed by atoms with Crippen LogP contribution in [0.4, 0.5) is 0 Å². The molecule has 1 amide bonds. The number of allylic oxidation sites excluding steroid dienone is 2. The van der Waals surface area contributed by atoms with Crippen molar-refractivity contribution in [1.29, 1.82) is 0 Å². The van der Waals surface area contributed by atoms with Gasteiger partial charge in [-0.05, 0) is 24.7 Å². The highest BCUT2D eigenvalue weighted by atomic mass is 16.5. The lowest BCUT2D eigenvalue weighted by atomic mass is 9.85. The number of amides is 1. The van der Waals surface area contributed by atoms with Gasteiger partial charge in [0.1, 0.15) is 0 Å². The molecule has 14 heavy (non-hydrogen) atoms. The molecule has 0 bridgehead atoms. The van der Waals surface area contributed by atoms with Crippen LogP contribution in [0.15, 0.2) is 12.2 Å². The Bertz CT molecular complexity index is 213. The number of carbonyl (C=O) groups excluding carboxylic acids is 1. The number of ether oxygens (including phenoxy) is 1. The molecule has 2 unspecified atom stereocenters. The van der Waals surface area contributed by atoms with Gasteiger partial charge in [-0.3, -0.25) is 4.79 Å². The van der Waals surface area contributed by atoms with Crippen LogP contribution in [0.5, 0.6) is 0 Å². The number of rotatable bonds is 5. The lowest BCUT2D eigenvalue weighted by molar-refractivity contribution is -0.119. The van der Waals surface area contributed by atoms with E-state index < -0.39 is 0 Å². The zero-order chi connectivity index (χ0) is 10.4. The normalized spacial score (nSPS) is 26.4. The molecule has 0 fully saturated rings. The van der Waals surface area contributed by atoms with E-state index in [9.17, 15) is 4.79 Å². The van der Waals surface area contributed by atoms with Crippen LogP contribution < -0.4 is 5.73 Å². The van der Waals surface area contributed by atoms with Crippen LogP contribution in [0.25, 0.3) is 0 Å². The molecule has 80 valence electrons. The summed E-state index contributed by atoms with van der Waals surface area (Å²) in [5.41, 5.74) is 5.01. The first-order valence-electron chi connectivity index (χ1n) is 5.21. The van der Waals surface area contributed by atoms with Gasteiger partial charge in [-0.15, -0.1) is 0 Å². The minimum atomic E-state index is -0.290. The average molecular weight is 197 g/mol. The third kappa shape index (κ3) is 3.92. The zero-order valence-electron chi connectivity index (χ0n) is 8.74. The average Bonchev–Trinajstić information content (AvgIpc) is 2.15. The summed E-state index contributed by atoms with van der Waals surface area (Å²) in [6.45, 7) is 3.45. The van der Waals surface area contributed by atoms with Gasteiger partial charge in [0.15, 0.2) is 0 Å². The molecule has 0 saturated carbocycles. The number of hydrogen-bond acceptors (Lipinski definition) is 2. The summed E-state index contributed by atoms with van der Waals surface area (Å²) in [4.78, 5) is 10.4. The summed E-state index contributed by atoms with van der Waals surface area (Å²) in [6, 6.07) is 0. The molecule has 3 heteroatoms. The molecule has 1 aliphatic rings. The molecule has 0 aromatic rings. The molecule has 0 heterocycles. The molecule has 2 atom stereocenters. The minimum absolute atomic E-state index is 0.290. The van der Waals surface area contributed by atoms with Crippen molar-refractivity contribution in [3.63, 3.8) is 0 Å². The Labute approximate surface area is 85.3 Å².